The van der Waals surface area contributed by atoms with Gasteiger partial charge in [0.25, 0.3) is 5.91 Å². The minimum absolute atomic E-state index is 0.200. The zero-order valence-electron chi connectivity index (χ0n) is 16.3. The Hall–Kier alpha value is -2.84. The van der Waals surface area contributed by atoms with Crippen molar-refractivity contribution in [2.45, 2.75) is 32.2 Å². The number of hydrogen-bond donors (Lipinski definition) is 2. The van der Waals surface area contributed by atoms with Gasteiger partial charge in [-0.05, 0) is 42.9 Å². The molecular formula is C21H24N6O2. The van der Waals surface area contributed by atoms with Crippen molar-refractivity contribution >= 4 is 17.7 Å². The number of carbonyl (C=O) groups is 1. The summed E-state index contributed by atoms with van der Waals surface area (Å²) in [5.41, 5.74) is 9.49. The number of aryl methyl sites for hydroxylation is 1. The van der Waals surface area contributed by atoms with Crippen LogP contribution in [-0.4, -0.2) is 57.8 Å². The van der Waals surface area contributed by atoms with Gasteiger partial charge in [0.1, 0.15) is 12.0 Å². The van der Waals surface area contributed by atoms with Crippen LogP contribution in [-0.2, 0) is 28.9 Å². The molecule has 2 N–H and O–H groups in total. The zero-order valence-corrected chi connectivity index (χ0v) is 16.3. The van der Waals surface area contributed by atoms with Crippen molar-refractivity contribution in [2.75, 3.05) is 26.3 Å². The van der Waals surface area contributed by atoms with E-state index in [1.54, 1.807) is 12.4 Å². The van der Waals surface area contributed by atoms with E-state index < -0.39 is 0 Å². The number of carbonyl (C=O) groups excluding carboxylic acids is 1. The largest absolute Gasteiger partial charge is 0.379 e. The summed E-state index contributed by atoms with van der Waals surface area (Å²) in [5, 5.41) is 4.22. The normalized spacial score (nSPS) is 21.2. The Bertz CT molecular complexity index is 973. The molecule has 0 bridgehead atoms. The number of hydrogen-bond acceptors (Lipinski definition) is 6. The van der Waals surface area contributed by atoms with Crippen LogP contribution in [0.5, 0.6) is 0 Å². The Kier molecular flexibility index (Phi) is 4.95. The van der Waals surface area contributed by atoms with Crippen LogP contribution in [0.2, 0.25) is 0 Å². The van der Waals surface area contributed by atoms with E-state index in [1.165, 1.54) is 36.0 Å². The highest BCUT2D eigenvalue weighted by Gasteiger charge is 2.27. The number of nitrogens with one attached hydrogen (secondary N) is 2. The standard InChI is InChI=1S/C21H24N6O2/c28-21-16(20(25-26-21)14-10-22-13-23-11-14)9-19-17(12-27-5-7-29-8-6-27)15-3-1-2-4-18(15)24-19/h9-11,13,24H,1-8,12H2,(H,26,28)/b16-9+. The van der Waals surface area contributed by atoms with Gasteiger partial charge in [0.2, 0.25) is 0 Å². The molecule has 3 aliphatic rings. The number of ether oxygens (including phenoxy) is 1. The molecule has 0 radical (unpaired) electrons. The minimum atomic E-state index is -0.200. The highest BCUT2D eigenvalue weighted by molar-refractivity contribution is 6.33. The molecule has 0 unspecified atom stereocenters. The third kappa shape index (κ3) is 3.61. The van der Waals surface area contributed by atoms with E-state index >= 15 is 0 Å². The number of H-pyrrole nitrogens is 1. The number of fused-ring (bicyclic) bond motifs is 1. The van der Waals surface area contributed by atoms with E-state index in [0.29, 0.717) is 11.3 Å². The highest BCUT2D eigenvalue weighted by Crippen LogP contribution is 2.30. The molecule has 1 aliphatic carbocycles. The Morgan fingerprint density at radius 2 is 1.93 bits per heavy atom. The van der Waals surface area contributed by atoms with Crippen molar-refractivity contribution in [2.24, 2.45) is 5.10 Å². The topological polar surface area (TPSA) is 95.5 Å². The first kappa shape index (κ1) is 18.2. The molecule has 2 aromatic heterocycles. The molecule has 4 heterocycles. The Morgan fingerprint density at radius 1 is 1.14 bits per heavy atom. The second-order valence-corrected chi connectivity index (χ2v) is 7.66. The van der Waals surface area contributed by atoms with Crippen LogP contribution in [0.25, 0.3) is 6.08 Å². The summed E-state index contributed by atoms with van der Waals surface area (Å²) in [6, 6.07) is 0. The van der Waals surface area contributed by atoms with E-state index in [-0.39, 0.29) is 5.91 Å². The number of aromatic nitrogens is 3. The Morgan fingerprint density at radius 3 is 2.76 bits per heavy atom. The number of nitrogens with zero attached hydrogens (tertiary/aromatic N) is 4. The minimum Gasteiger partial charge on any atom is -0.379 e. The summed E-state index contributed by atoms with van der Waals surface area (Å²) in [6.07, 6.45) is 11.3. The van der Waals surface area contributed by atoms with E-state index in [9.17, 15) is 4.79 Å². The molecule has 1 amide bonds. The van der Waals surface area contributed by atoms with Crippen LogP contribution < -0.4 is 5.43 Å². The average Bonchev–Trinajstić information content (AvgIpc) is 3.30. The molecule has 0 aromatic carbocycles. The van der Waals surface area contributed by atoms with Crippen LogP contribution in [0.15, 0.2) is 29.4 Å². The second kappa shape index (κ2) is 7.88. The maximum absolute atomic E-state index is 12.5. The van der Waals surface area contributed by atoms with Crippen molar-refractivity contribution in [3.8, 4) is 0 Å². The van der Waals surface area contributed by atoms with Gasteiger partial charge in [-0.15, -0.1) is 0 Å². The molecule has 1 fully saturated rings. The summed E-state index contributed by atoms with van der Waals surface area (Å²) in [7, 11) is 0. The maximum Gasteiger partial charge on any atom is 0.273 e. The van der Waals surface area contributed by atoms with Crippen molar-refractivity contribution in [3.63, 3.8) is 0 Å². The molecule has 0 saturated carbocycles. The lowest BCUT2D eigenvalue weighted by Crippen LogP contribution is -2.36. The van der Waals surface area contributed by atoms with Gasteiger partial charge < -0.3 is 9.72 Å². The summed E-state index contributed by atoms with van der Waals surface area (Å²) < 4.78 is 5.50. The van der Waals surface area contributed by atoms with Gasteiger partial charge in [0.05, 0.1) is 18.8 Å². The molecule has 8 nitrogen and oxygen atoms in total. The predicted molar refractivity (Wildman–Crippen MR) is 108 cm³/mol. The van der Waals surface area contributed by atoms with Crippen LogP contribution in [0.3, 0.4) is 0 Å². The number of aromatic amines is 1. The fourth-order valence-corrected chi connectivity index (χ4v) is 4.32. The number of rotatable bonds is 4. The first-order valence-electron chi connectivity index (χ1n) is 10.2. The third-order valence-corrected chi connectivity index (χ3v) is 5.82. The SMILES string of the molecule is O=C1NN=C(c2cncnc2)/C1=C\c1[nH]c2c(c1CN1CCOCC1)CCCC2. The van der Waals surface area contributed by atoms with Gasteiger partial charge in [-0.25, -0.2) is 15.4 Å². The summed E-state index contributed by atoms with van der Waals surface area (Å²) in [4.78, 5) is 26.7. The number of amides is 1. The van der Waals surface area contributed by atoms with Gasteiger partial charge in [-0.1, -0.05) is 0 Å². The van der Waals surface area contributed by atoms with E-state index in [1.807, 2.05) is 6.08 Å². The quantitative estimate of drug-likeness (QED) is 0.768. The van der Waals surface area contributed by atoms with Gasteiger partial charge in [-0.2, -0.15) is 5.10 Å². The Balaban J connectivity index is 1.53. The molecule has 0 atom stereocenters. The number of morpholine rings is 1. The second-order valence-electron chi connectivity index (χ2n) is 7.66. The van der Waals surface area contributed by atoms with E-state index in [2.05, 4.69) is 30.4 Å². The lowest BCUT2D eigenvalue weighted by molar-refractivity contribution is -0.116. The van der Waals surface area contributed by atoms with Crippen LogP contribution in [0.1, 0.15) is 40.9 Å². The summed E-state index contributed by atoms with van der Waals surface area (Å²) >= 11 is 0. The lowest BCUT2D eigenvalue weighted by Gasteiger charge is -2.27. The maximum atomic E-state index is 12.5. The third-order valence-electron chi connectivity index (χ3n) is 5.82. The van der Waals surface area contributed by atoms with Crippen molar-refractivity contribution in [1.82, 2.24) is 25.3 Å². The fraction of sp³-hybridized carbons (Fsp3) is 0.429. The van der Waals surface area contributed by atoms with Crippen molar-refractivity contribution < 1.29 is 9.53 Å². The highest BCUT2D eigenvalue weighted by atomic mass is 16.5. The van der Waals surface area contributed by atoms with Crippen molar-refractivity contribution in [3.05, 3.63) is 52.4 Å². The molecule has 29 heavy (non-hydrogen) atoms. The summed E-state index contributed by atoms with van der Waals surface area (Å²) in [5.74, 6) is -0.200. The smallest absolute Gasteiger partial charge is 0.273 e. The lowest BCUT2D eigenvalue weighted by atomic mass is 9.93. The van der Waals surface area contributed by atoms with Crippen LogP contribution in [0, 0.1) is 0 Å². The van der Waals surface area contributed by atoms with Crippen LogP contribution >= 0.6 is 0 Å². The zero-order chi connectivity index (χ0) is 19.6. The molecular weight excluding hydrogens is 368 g/mol. The molecule has 0 spiro atoms. The monoisotopic (exact) mass is 392 g/mol. The average molecular weight is 392 g/mol. The van der Waals surface area contributed by atoms with Gasteiger partial charge >= 0.3 is 0 Å². The molecule has 8 heteroatoms. The van der Waals surface area contributed by atoms with Crippen molar-refractivity contribution in [1.29, 1.82) is 0 Å². The Labute approximate surface area is 169 Å². The molecule has 5 rings (SSSR count). The first-order chi connectivity index (χ1) is 14.3. The first-order valence-corrected chi connectivity index (χ1v) is 10.2. The molecule has 1 saturated heterocycles. The molecule has 2 aliphatic heterocycles. The van der Waals surface area contributed by atoms with Gasteiger partial charge in [-0.3, -0.25) is 9.69 Å². The molecule has 150 valence electrons. The molecule has 2 aromatic rings. The van der Waals surface area contributed by atoms with Gasteiger partial charge in [0, 0.05) is 49.0 Å². The van der Waals surface area contributed by atoms with Gasteiger partial charge in [0.15, 0.2) is 0 Å². The van der Waals surface area contributed by atoms with E-state index in [0.717, 1.165) is 56.9 Å². The van der Waals surface area contributed by atoms with E-state index in [4.69, 9.17) is 4.74 Å². The van der Waals surface area contributed by atoms with Crippen LogP contribution in [0.4, 0.5) is 0 Å². The number of hydrazone groups is 1. The fourth-order valence-electron chi connectivity index (χ4n) is 4.32. The predicted octanol–water partition coefficient (Wildman–Crippen LogP) is 1.43. The summed E-state index contributed by atoms with van der Waals surface area (Å²) in [6.45, 7) is 4.29.